The Labute approximate surface area is 199 Å². The van der Waals surface area contributed by atoms with Crippen molar-refractivity contribution in [2.75, 3.05) is 51.5 Å². The summed E-state index contributed by atoms with van der Waals surface area (Å²) in [5.74, 6) is 0.745. The van der Waals surface area contributed by atoms with Gasteiger partial charge < -0.3 is 19.1 Å². The van der Waals surface area contributed by atoms with Crippen LogP contribution in [0.2, 0.25) is 0 Å². The van der Waals surface area contributed by atoms with Crippen LogP contribution in [0.4, 0.5) is 14.6 Å². The molecule has 0 bridgehead atoms. The predicted octanol–water partition coefficient (Wildman–Crippen LogP) is 3.30. The Kier molecular flexibility index (Phi) is 5.69. The van der Waals surface area contributed by atoms with Gasteiger partial charge in [-0.2, -0.15) is 15.1 Å². The number of alkyl halides is 2. The van der Waals surface area contributed by atoms with Crippen LogP contribution >= 0.6 is 0 Å². The zero-order chi connectivity index (χ0) is 23.9. The Morgan fingerprint density at radius 2 is 1.80 bits per heavy atom. The number of methoxy groups -OCH3 is 1. The molecule has 0 aliphatic carbocycles. The van der Waals surface area contributed by atoms with Crippen LogP contribution in [-0.2, 0) is 9.47 Å². The molecule has 10 nitrogen and oxygen atoms in total. The molecule has 35 heavy (non-hydrogen) atoms. The summed E-state index contributed by atoms with van der Waals surface area (Å²) >= 11 is 0. The molecule has 2 aliphatic rings. The molecule has 0 spiro atoms. The highest BCUT2D eigenvalue weighted by molar-refractivity contribution is 5.89. The molecule has 3 aromatic heterocycles. The van der Waals surface area contributed by atoms with Gasteiger partial charge in [0, 0.05) is 26.3 Å². The maximum atomic E-state index is 14.2. The summed E-state index contributed by atoms with van der Waals surface area (Å²) in [6, 6.07) is 5.26. The van der Waals surface area contributed by atoms with Gasteiger partial charge in [-0.3, -0.25) is 4.57 Å². The summed E-state index contributed by atoms with van der Waals surface area (Å²) in [5.41, 5.74) is 1.39. The third kappa shape index (κ3) is 3.76. The summed E-state index contributed by atoms with van der Waals surface area (Å²) in [6.07, 6.45) is 0.536. The average Bonchev–Trinajstić information content (AvgIpc) is 3.51. The molecular weight excluding hydrogens is 460 g/mol. The summed E-state index contributed by atoms with van der Waals surface area (Å²) < 4.78 is 48.1. The Balaban J connectivity index is 1.61. The SMILES string of the molecule is COc1cccc2c1nc(C(F)F)n2-c1nc(N2CCOCC2)c2cnn(C3CCOCC3)c2n1. The summed E-state index contributed by atoms with van der Waals surface area (Å²) in [6.45, 7) is 3.66. The molecule has 0 radical (unpaired) electrons. The number of halogens is 2. The number of anilines is 1. The van der Waals surface area contributed by atoms with Crippen molar-refractivity contribution >= 4 is 27.9 Å². The molecular formula is C23H25F2N7O3. The van der Waals surface area contributed by atoms with Gasteiger partial charge in [0.15, 0.2) is 11.5 Å². The molecule has 0 atom stereocenters. The molecule has 5 heterocycles. The number of fused-ring (bicyclic) bond motifs is 2. The maximum absolute atomic E-state index is 14.2. The second kappa shape index (κ2) is 9.00. The number of rotatable bonds is 5. The molecule has 6 rings (SSSR count). The Morgan fingerprint density at radius 3 is 2.54 bits per heavy atom. The number of para-hydroxylation sites is 1. The first-order valence-electron chi connectivity index (χ1n) is 11.6. The highest BCUT2D eigenvalue weighted by atomic mass is 19.3. The normalized spacial score (nSPS) is 17.7. The summed E-state index contributed by atoms with van der Waals surface area (Å²) in [5, 5.41) is 5.43. The fourth-order valence-electron chi connectivity index (χ4n) is 4.83. The van der Waals surface area contributed by atoms with E-state index in [1.54, 1.807) is 24.4 Å². The van der Waals surface area contributed by atoms with Crippen LogP contribution < -0.4 is 9.64 Å². The highest BCUT2D eigenvalue weighted by Crippen LogP contribution is 2.34. The molecule has 1 aromatic carbocycles. The molecule has 0 saturated carbocycles. The van der Waals surface area contributed by atoms with E-state index >= 15 is 0 Å². The van der Waals surface area contributed by atoms with Gasteiger partial charge in [0.2, 0.25) is 5.95 Å². The number of imidazole rings is 1. The number of morpholine rings is 1. The highest BCUT2D eigenvalue weighted by Gasteiger charge is 2.28. The molecule has 0 N–H and O–H groups in total. The van der Waals surface area contributed by atoms with Crippen molar-refractivity contribution in [1.29, 1.82) is 0 Å². The average molecular weight is 485 g/mol. The second-order valence-corrected chi connectivity index (χ2v) is 8.55. The van der Waals surface area contributed by atoms with E-state index in [0.717, 1.165) is 18.2 Å². The Morgan fingerprint density at radius 1 is 1.03 bits per heavy atom. The van der Waals surface area contributed by atoms with Crippen molar-refractivity contribution in [2.45, 2.75) is 25.3 Å². The zero-order valence-electron chi connectivity index (χ0n) is 19.2. The van der Waals surface area contributed by atoms with Crippen molar-refractivity contribution in [1.82, 2.24) is 29.3 Å². The molecule has 2 fully saturated rings. The molecule has 12 heteroatoms. The molecule has 184 valence electrons. The number of hydrogen-bond acceptors (Lipinski definition) is 8. The van der Waals surface area contributed by atoms with Gasteiger partial charge in [-0.25, -0.2) is 18.4 Å². The molecule has 4 aromatic rings. The predicted molar refractivity (Wildman–Crippen MR) is 124 cm³/mol. The smallest absolute Gasteiger partial charge is 0.296 e. The lowest BCUT2D eigenvalue weighted by Gasteiger charge is -2.28. The van der Waals surface area contributed by atoms with Crippen LogP contribution in [0.25, 0.3) is 28.0 Å². The summed E-state index contributed by atoms with van der Waals surface area (Å²) in [4.78, 5) is 15.9. The van der Waals surface area contributed by atoms with E-state index in [1.165, 1.54) is 11.7 Å². The fourth-order valence-corrected chi connectivity index (χ4v) is 4.83. The number of aromatic nitrogens is 6. The van der Waals surface area contributed by atoms with Crippen molar-refractivity contribution in [2.24, 2.45) is 0 Å². The quantitative estimate of drug-likeness (QED) is 0.425. The minimum Gasteiger partial charge on any atom is -0.494 e. The van der Waals surface area contributed by atoms with E-state index in [0.29, 0.717) is 67.8 Å². The van der Waals surface area contributed by atoms with E-state index in [-0.39, 0.29) is 12.0 Å². The minimum absolute atomic E-state index is 0.107. The van der Waals surface area contributed by atoms with E-state index in [2.05, 4.69) is 15.0 Å². The maximum Gasteiger partial charge on any atom is 0.296 e. The third-order valence-electron chi connectivity index (χ3n) is 6.56. The van der Waals surface area contributed by atoms with Gasteiger partial charge >= 0.3 is 0 Å². The molecule has 0 amide bonds. The van der Waals surface area contributed by atoms with Gasteiger partial charge in [0.05, 0.1) is 43.5 Å². The molecule has 2 aliphatic heterocycles. The van der Waals surface area contributed by atoms with E-state index in [9.17, 15) is 8.78 Å². The van der Waals surface area contributed by atoms with Crippen molar-refractivity contribution < 1.29 is 23.0 Å². The van der Waals surface area contributed by atoms with Crippen LogP contribution in [0, 0.1) is 0 Å². The standard InChI is InChI=1S/C23H25F2N7O3/c1-33-17-4-2-3-16-18(17)27-22(19(24)25)31(16)23-28-20(30-7-11-35-12-8-30)15-13-26-32(21(15)29-23)14-5-9-34-10-6-14/h2-4,13-14,19H,5-12H2,1H3. The van der Waals surface area contributed by atoms with Gasteiger partial charge in [0.1, 0.15) is 17.1 Å². The van der Waals surface area contributed by atoms with Crippen LogP contribution in [0.5, 0.6) is 5.75 Å². The van der Waals surface area contributed by atoms with Gasteiger partial charge in [-0.15, -0.1) is 0 Å². The van der Waals surface area contributed by atoms with Crippen LogP contribution in [-0.4, -0.2) is 75.9 Å². The molecule has 0 unspecified atom stereocenters. The lowest BCUT2D eigenvalue weighted by molar-refractivity contribution is 0.0673. The van der Waals surface area contributed by atoms with E-state index < -0.39 is 12.2 Å². The lowest BCUT2D eigenvalue weighted by Crippen LogP contribution is -2.37. The van der Waals surface area contributed by atoms with Crippen LogP contribution in [0.1, 0.15) is 31.1 Å². The van der Waals surface area contributed by atoms with Crippen molar-refractivity contribution in [3.05, 3.63) is 30.2 Å². The first-order chi connectivity index (χ1) is 17.2. The number of ether oxygens (including phenoxy) is 3. The second-order valence-electron chi connectivity index (χ2n) is 8.55. The van der Waals surface area contributed by atoms with E-state index in [1.807, 2.05) is 4.68 Å². The number of nitrogens with zero attached hydrogens (tertiary/aromatic N) is 7. The largest absolute Gasteiger partial charge is 0.494 e. The first-order valence-corrected chi connectivity index (χ1v) is 11.6. The van der Waals surface area contributed by atoms with Crippen LogP contribution in [0.15, 0.2) is 24.4 Å². The van der Waals surface area contributed by atoms with Crippen molar-refractivity contribution in [3.8, 4) is 11.7 Å². The van der Waals surface area contributed by atoms with Crippen molar-refractivity contribution in [3.63, 3.8) is 0 Å². The Bertz CT molecular complexity index is 1360. The number of hydrogen-bond donors (Lipinski definition) is 0. The van der Waals surface area contributed by atoms with E-state index in [4.69, 9.17) is 24.2 Å². The monoisotopic (exact) mass is 485 g/mol. The topological polar surface area (TPSA) is 92.3 Å². The minimum atomic E-state index is -2.83. The zero-order valence-corrected chi connectivity index (χ0v) is 19.2. The lowest BCUT2D eigenvalue weighted by atomic mass is 10.1. The van der Waals surface area contributed by atoms with Gasteiger partial charge in [-0.1, -0.05) is 6.07 Å². The number of benzene rings is 1. The first kappa shape index (κ1) is 22.1. The van der Waals surface area contributed by atoms with Gasteiger partial charge in [-0.05, 0) is 25.0 Å². The third-order valence-corrected chi connectivity index (χ3v) is 6.56. The Hall–Kier alpha value is -3.38. The summed E-state index contributed by atoms with van der Waals surface area (Å²) in [7, 11) is 1.49. The molecule has 2 saturated heterocycles. The van der Waals surface area contributed by atoms with Gasteiger partial charge in [0.25, 0.3) is 6.43 Å². The van der Waals surface area contributed by atoms with Crippen LogP contribution in [0.3, 0.4) is 0 Å². The fraction of sp³-hybridized carbons (Fsp3) is 0.478.